The van der Waals surface area contributed by atoms with Crippen molar-refractivity contribution < 1.29 is 9.90 Å². The van der Waals surface area contributed by atoms with E-state index in [2.05, 4.69) is 21.2 Å². The van der Waals surface area contributed by atoms with Crippen molar-refractivity contribution in [3.8, 4) is 0 Å². The molecule has 4 heteroatoms. The largest absolute Gasteiger partial charge is 0.391 e. The second kappa shape index (κ2) is 5.54. The normalized spacial score (nSPS) is 16.1. The Morgan fingerprint density at radius 2 is 1.95 bits per heavy atom. The van der Waals surface area contributed by atoms with Gasteiger partial charge in [-0.1, -0.05) is 28.1 Å². The Labute approximate surface area is 126 Å². The zero-order valence-electron chi connectivity index (χ0n) is 11.0. The molecule has 0 radical (unpaired) electrons. The quantitative estimate of drug-likeness (QED) is 0.903. The van der Waals surface area contributed by atoms with Crippen LogP contribution in [0.4, 0.5) is 0 Å². The molecule has 104 valence electrons. The van der Waals surface area contributed by atoms with E-state index in [-0.39, 0.29) is 5.91 Å². The SMILES string of the molecule is O=C(NCC(O)C1CC1)c1ccc2cc(Br)ccc2c1. The first-order valence-corrected chi connectivity index (χ1v) is 7.58. The maximum Gasteiger partial charge on any atom is 0.251 e. The zero-order valence-corrected chi connectivity index (χ0v) is 12.6. The molecule has 1 aliphatic carbocycles. The third-order valence-corrected chi connectivity index (χ3v) is 4.20. The molecule has 1 aliphatic rings. The molecule has 2 aromatic carbocycles. The summed E-state index contributed by atoms with van der Waals surface area (Å²) in [4.78, 5) is 12.1. The summed E-state index contributed by atoms with van der Waals surface area (Å²) in [6.07, 6.45) is 1.74. The van der Waals surface area contributed by atoms with Crippen molar-refractivity contribution in [3.63, 3.8) is 0 Å². The van der Waals surface area contributed by atoms with Crippen LogP contribution in [0.5, 0.6) is 0 Å². The summed E-state index contributed by atoms with van der Waals surface area (Å²) in [6, 6.07) is 11.6. The molecule has 3 rings (SSSR count). The average molecular weight is 334 g/mol. The van der Waals surface area contributed by atoms with E-state index >= 15 is 0 Å². The minimum Gasteiger partial charge on any atom is -0.391 e. The molecule has 2 aromatic rings. The molecule has 0 bridgehead atoms. The Morgan fingerprint density at radius 3 is 2.70 bits per heavy atom. The van der Waals surface area contributed by atoms with Crippen LogP contribution >= 0.6 is 15.9 Å². The predicted octanol–water partition coefficient (Wildman–Crippen LogP) is 3.10. The summed E-state index contributed by atoms with van der Waals surface area (Å²) in [5, 5.41) is 14.7. The summed E-state index contributed by atoms with van der Waals surface area (Å²) in [5.41, 5.74) is 0.628. The van der Waals surface area contributed by atoms with Crippen molar-refractivity contribution in [2.24, 2.45) is 5.92 Å². The fourth-order valence-corrected chi connectivity index (χ4v) is 2.68. The Morgan fingerprint density at radius 1 is 1.25 bits per heavy atom. The summed E-state index contributed by atoms with van der Waals surface area (Å²) < 4.78 is 1.02. The van der Waals surface area contributed by atoms with Crippen LogP contribution in [-0.2, 0) is 0 Å². The zero-order chi connectivity index (χ0) is 14.1. The third-order valence-electron chi connectivity index (χ3n) is 3.70. The Bertz CT molecular complexity index is 652. The second-order valence-corrected chi connectivity index (χ2v) is 6.24. The number of hydrogen-bond acceptors (Lipinski definition) is 2. The number of benzene rings is 2. The lowest BCUT2D eigenvalue weighted by atomic mass is 10.1. The van der Waals surface area contributed by atoms with Gasteiger partial charge in [-0.05, 0) is 53.8 Å². The van der Waals surface area contributed by atoms with Gasteiger partial charge < -0.3 is 10.4 Å². The minimum atomic E-state index is -0.407. The van der Waals surface area contributed by atoms with Crippen LogP contribution in [0.3, 0.4) is 0 Å². The number of carbonyl (C=O) groups excluding carboxylic acids is 1. The number of nitrogens with one attached hydrogen (secondary N) is 1. The van der Waals surface area contributed by atoms with Crippen molar-refractivity contribution in [2.45, 2.75) is 18.9 Å². The molecule has 0 aliphatic heterocycles. The van der Waals surface area contributed by atoms with Crippen LogP contribution in [0.2, 0.25) is 0 Å². The summed E-state index contributed by atoms with van der Waals surface area (Å²) in [6.45, 7) is 0.335. The molecule has 20 heavy (non-hydrogen) atoms. The lowest BCUT2D eigenvalue weighted by Crippen LogP contribution is -2.33. The molecule has 0 aromatic heterocycles. The van der Waals surface area contributed by atoms with Crippen molar-refractivity contribution in [3.05, 3.63) is 46.4 Å². The molecule has 0 saturated heterocycles. The van der Waals surface area contributed by atoms with E-state index < -0.39 is 6.10 Å². The monoisotopic (exact) mass is 333 g/mol. The highest BCUT2D eigenvalue weighted by molar-refractivity contribution is 9.10. The summed E-state index contributed by atoms with van der Waals surface area (Å²) in [7, 11) is 0. The predicted molar refractivity (Wildman–Crippen MR) is 82.7 cm³/mol. The lowest BCUT2D eigenvalue weighted by molar-refractivity contribution is 0.0901. The molecule has 1 unspecified atom stereocenters. The molecule has 3 nitrogen and oxygen atoms in total. The van der Waals surface area contributed by atoms with Crippen molar-refractivity contribution in [1.29, 1.82) is 0 Å². The molecule has 1 fully saturated rings. The van der Waals surface area contributed by atoms with Crippen molar-refractivity contribution in [2.75, 3.05) is 6.54 Å². The number of rotatable bonds is 4. The Hall–Kier alpha value is -1.39. The van der Waals surface area contributed by atoms with Crippen molar-refractivity contribution in [1.82, 2.24) is 5.32 Å². The first kappa shape index (κ1) is 13.6. The van der Waals surface area contributed by atoms with Gasteiger partial charge in [0.05, 0.1) is 6.10 Å². The van der Waals surface area contributed by atoms with Gasteiger partial charge in [-0.25, -0.2) is 0 Å². The maximum absolute atomic E-state index is 12.1. The molecule has 1 amide bonds. The van der Waals surface area contributed by atoms with Crippen LogP contribution in [0.15, 0.2) is 40.9 Å². The molecule has 2 N–H and O–H groups in total. The van der Waals surface area contributed by atoms with Gasteiger partial charge in [0.2, 0.25) is 0 Å². The third kappa shape index (κ3) is 3.02. The minimum absolute atomic E-state index is 0.130. The topological polar surface area (TPSA) is 49.3 Å². The fraction of sp³-hybridized carbons (Fsp3) is 0.312. The molecule has 1 saturated carbocycles. The van der Waals surface area contributed by atoms with E-state index in [0.717, 1.165) is 28.1 Å². The summed E-state index contributed by atoms with van der Waals surface area (Å²) in [5.74, 6) is 0.249. The van der Waals surface area contributed by atoms with E-state index in [0.29, 0.717) is 18.0 Å². The van der Waals surface area contributed by atoms with Crippen LogP contribution in [0.1, 0.15) is 23.2 Å². The number of hydrogen-bond donors (Lipinski definition) is 2. The fourth-order valence-electron chi connectivity index (χ4n) is 2.30. The number of aliphatic hydroxyl groups excluding tert-OH is 1. The van der Waals surface area contributed by atoms with E-state index in [1.807, 2.05) is 36.4 Å². The first-order valence-electron chi connectivity index (χ1n) is 6.79. The van der Waals surface area contributed by atoms with Crippen molar-refractivity contribution >= 4 is 32.6 Å². The second-order valence-electron chi connectivity index (χ2n) is 5.32. The highest BCUT2D eigenvalue weighted by Gasteiger charge is 2.29. The molecule has 0 heterocycles. The van der Waals surface area contributed by atoms with Crippen LogP contribution in [0, 0.1) is 5.92 Å². The van der Waals surface area contributed by atoms with Gasteiger partial charge in [0.25, 0.3) is 5.91 Å². The lowest BCUT2D eigenvalue weighted by Gasteiger charge is -2.11. The first-order chi connectivity index (χ1) is 9.63. The van der Waals surface area contributed by atoms with E-state index in [9.17, 15) is 9.90 Å². The molecular weight excluding hydrogens is 318 g/mol. The molecule has 0 spiro atoms. The Kier molecular flexibility index (Phi) is 3.76. The van der Waals surface area contributed by atoms with Crippen LogP contribution < -0.4 is 5.32 Å². The maximum atomic E-state index is 12.1. The van der Waals surface area contributed by atoms with Gasteiger partial charge >= 0.3 is 0 Å². The molecular formula is C16H16BrNO2. The summed E-state index contributed by atoms with van der Waals surface area (Å²) >= 11 is 3.43. The van der Waals surface area contributed by atoms with Gasteiger partial charge in [-0.3, -0.25) is 4.79 Å². The number of halogens is 1. The smallest absolute Gasteiger partial charge is 0.251 e. The van der Waals surface area contributed by atoms with Gasteiger partial charge in [0.1, 0.15) is 0 Å². The number of fused-ring (bicyclic) bond motifs is 1. The number of carbonyl (C=O) groups is 1. The average Bonchev–Trinajstić information content (AvgIpc) is 3.28. The Balaban J connectivity index is 1.72. The highest BCUT2D eigenvalue weighted by atomic mass is 79.9. The van der Waals surface area contributed by atoms with E-state index in [4.69, 9.17) is 0 Å². The van der Waals surface area contributed by atoms with E-state index in [1.165, 1.54) is 0 Å². The van der Waals surface area contributed by atoms with Gasteiger partial charge in [0, 0.05) is 16.6 Å². The van der Waals surface area contributed by atoms with Gasteiger partial charge in [0.15, 0.2) is 0 Å². The number of amides is 1. The van der Waals surface area contributed by atoms with Gasteiger partial charge in [-0.15, -0.1) is 0 Å². The molecule has 1 atom stereocenters. The highest BCUT2D eigenvalue weighted by Crippen LogP contribution is 2.32. The standard InChI is InChI=1S/C16H16BrNO2/c17-14-6-5-11-7-13(4-3-12(11)8-14)16(20)18-9-15(19)10-1-2-10/h3-8,10,15,19H,1-2,9H2,(H,18,20). The van der Waals surface area contributed by atoms with Gasteiger partial charge in [-0.2, -0.15) is 0 Å². The van der Waals surface area contributed by atoms with Crippen LogP contribution in [-0.4, -0.2) is 23.7 Å². The number of aliphatic hydroxyl groups is 1. The van der Waals surface area contributed by atoms with Crippen LogP contribution in [0.25, 0.3) is 10.8 Å². The van der Waals surface area contributed by atoms with E-state index in [1.54, 1.807) is 0 Å².